The van der Waals surface area contributed by atoms with Crippen molar-refractivity contribution in [3.8, 4) is 0 Å². The zero-order valence-electron chi connectivity index (χ0n) is 6.53. The number of nitrogens with two attached hydrogens (primary N) is 1. The topological polar surface area (TPSA) is 70.6 Å². The van der Waals surface area contributed by atoms with Crippen molar-refractivity contribution < 1.29 is 5.21 Å². The molecule has 0 amide bonds. The molecule has 4 nitrogen and oxygen atoms in total. The Morgan fingerprint density at radius 2 is 2.58 bits per heavy atom. The van der Waals surface area contributed by atoms with Crippen LogP contribution in [-0.4, -0.2) is 17.6 Å². The number of hydrogen-bond acceptors (Lipinski definition) is 4. The highest BCUT2D eigenvalue weighted by Crippen LogP contribution is 2.04. The Labute approximate surface area is 74.7 Å². The number of oxime groups is 1. The van der Waals surface area contributed by atoms with Crippen molar-refractivity contribution in [1.82, 2.24) is 5.32 Å². The van der Waals surface area contributed by atoms with Crippen molar-refractivity contribution in [3.63, 3.8) is 0 Å². The second-order valence-electron chi connectivity index (χ2n) is 2.33. The third-order valence-corrected chi connectivity index (χ3v) is 2.08. The lowest BCUT2D eigenvalue weighted by molar-refractivity contribution is 0.317. The van der Waals surface area contributed by atoms with Crippen molar-refractivity contribution in [3.05, 3.63) is 22.4 Å². The molecule has 0 aliphatic rings. The molecule has 0 unspecified atom stereocenters. The maximum atomic E-state index is 8.22. The summed E-state index contributed by atoms with van der Waals surface area (Å²) in [5, 5.41) is 18.2. The summed E-state index contributed by atoms with van der Waals surface area (Å²) in [6, 6.07) is 2.03. The molecule has 1 rings (SSSR count). The quantitative estimate of drug-likeness (QED) is 0.278. The van der Waals surface area contributed by atoms with Gasteiger partial charge in [-0.1, -0.05) is 5.16 Å². The average Bonchev–Trinajstić information content (AvgIpc) is 2.57. The molecule has 0 radical (unpaired) electrons. The molecule has 66 valence electrons. The first-order valence-corrected chi connectivity index (χ1v) is 4.45. The van der Waals surface area contributed by atoms with Gasteiger partial charge in [0.1, 0.15) is 0 Å². The minimum absolute atomic E-state index is 0.199. The molecule has 0 aliphatic carbocycles. The van der Waals surface area contributed by atoms with Crippen LogP contribution < -0.4 is 11.1 Å². The molecule has 0 aromatic carbocycles. The molecule has 1 aromatic rings. The summed E-state index contributed by atoms with van der Waals surface area (Å²) in [6.07, 6.45) is 0. The zero-order chi connectivity index (χ0) is 8.81. The van der Waals surface area contributed by atoms with Gasteiger partial charge in [0.05, 0.1) is 6.54 Å². The smallest absolute Gasteiger partial charge is 0.153 e. The van der Waals surface area contributed by atoms with E-state index in [9.17, 15) is 0 Å². The van der Waals surface area contributed by atoms with E-state index in [0.717, 1.165) is 6.54 Å². The molecular formula is C7H11N3OS. The highest BCUT2D eigenvalue weighted by Gasteiger charge is 1.93. The SMILES string of the molecule is NC(CNCc1ccsc1)=NO. The molecule has 0 bridgehead atoms. The minimum Gasteiger partial charge on any atom is -0.409 e. The molecule has 0 aliphatic heterocycles. The van der Waals surface area contributed by atoms with E-state index in [2.05, 4.69) is 15.9 Å². The molecule has 0 atom stereocenters. The number of thiophene rings is 1. The van der Waals surface area contributed by atoms with Crippen LogP contribution in [0.2, 0.25) is 0 Å². The number of amidine groups is 1. The van der Waals surface area contributed by atoms with E-state index in [1.807, 2.05) is 11.4 Å². The highest BCUT2D eigenvalue weighted by atomic mass is 32.1. The van der Waals surface area contributed by atoms with Gasteiger partial charge in [0.15, 0.2) is 5.84 Å². The largest absolute Gasteiger partial charge is 0.409 e. The van der Waals surface area contributed by atoms with Crippen LogP contribution in [0.15, 0.2) is 22.0 Å². The molecule has 0 saturated carbocycles. The summed E-state index contributed by atoms with van der Waals surface area (Å²) < 4.78 is 0. The Morgan fingerprint density at radius 3 is 3.17 bits per heavy atom. The van der Waals surface area contributed by atoms with Gasteiger partial charge in [-0.2, -0.15) is 11.3 Å². The van der Waals surface area contributed by atoms with Crippen molar-refractivity contribution in [2.24, 2.45) is 10.9 Å². The van der Waals surface area contributed by atoms with Gasteiger partial charge < -0.3 is 16.3 Å². The van der Waals surface area contributed by atoms with Gasteiger partial charge >= 0.3 is 0 Å². The lowest BCUT2D eigenvalue weighted by atomic mass is 10.3. The first kappa shape index (κ1) is 9.02. The van der Waals surface area contributed by atoms with Crippen molar-refractivity contribution in [2.45, 2.75) is 6.54 Å². The van der Waals surface area contributed by atoms with Gasteiger partial charge in [-0.3, -0.25) is 0 Å². The van der Waals surface area contributed by atoms with E-state index < -0.39 is 0 Å². The fraction of sp³-hybridized carbons (Fsp3) is 0.286. The van der Waals surface area contributed by atoms with Gasteiger partial charge in [-0.05, 0) is 22.4 Å². The summed E-state index contributed by atoms with van der Waals surface area (Å²) in [5.41, 5.74) is 6.47. The summed E-state index contributed by atoms with van der Waals surface area (Å²) in [6.45, 7) is 1.16. The predicted molar refractivity (Wildman–Crippen MR) is 49.4 cm³/mol. The van der Waals surface area contributed by atoms with Crippen LogP contribution in [0.1, 0.15) is 5.56 Å². The molecular weight excluding hydrogens is 174 g/mol. The van der Waals surface area contributed by atoms with Crippen LogP contribution in [0.25, 0.3) is 0 Å². The Balaban J connectivity index is 2.19. The second kappa shape index (κ2) is 4.74. The third-order valence-electron chi connectivity index (χ3n) is 1.34. The Kier molecular flexibility index (Phi) is 3.56. The standard InChI is InChI=1S/C7H11N3OS/c8-7(10-11)4-9-3-6-1-2-12-5-6/h1-2,5,9,11H,3-4H2,(H2,8,10). The normalized spacial score (nSPS) is 11.8. The fourth-order valence-electron chi connectivity index (χ4n) is 0.763. The molecule has 0 spiro atoms. The van der Waals surface area contributed by atoms with Gasteiger partial charge in [0.25, 0.3) is 0 Å². The van der Waals surface area contributed by atoms with Crippen LogP contribution >= 0.6 is 11.3 Å². The van der Waals surface area contributed by atoms with Gasteiger partial charge in [-0.15, -0.1) is 0 Å². The Morgan fingerprint density at radius 1 is 1.75 bits per heavy atom. The lowest BCUT2D eigenvalue weighted by Gasteiger charge is -2.00. The van der Waals surface area contributed by atoms with Crippen molar-refractivity contribution in [2.75, 3.05) is 6.54 Å². The zero-order valence-corrected chi connectivity index (χ0v) is 7.34. The van der Waals surface area contributed by atoms with Crippen LogP contribution in [0.4, 0.5) is 0 Å². The Hall–Kier alpha value is -1.07. The van der Waals surface area contributed by atoms with Crippen LogP contribution in [0.5, 0.6) is 0 Å². The lowest BCUT2D eigenvalue weighted by Crippen LogP contribution is -2.28. The molecule has 12 heavy (non-hydrogen) atoms. The van der Waals surface area contributed by atoms with Crippen LogP contribution in [0.3, 0.4) is 0 Å². The molecule has 4 N–H and O–H groups in total. The number of nitrogens with one attached hydrogen (secondary N) is 1. The maximum Gasteiger partial charge on any atom is 0.153 e. The van der Waals surface area contributed by atoms with Crippen molar-refractivity contribution in [1.29, 1.82) is 0 Å². The maximum absolute atomic E-state index is 8.22. The third kappa shape index (κ3) is 2.89. The van der Waals surface area contributed by atoms with Crippen LogP contribution in [0, 0.1) is 0 Å². The van der Waals surface area contributed by atoms with E-state index in [0.29, 0.717) is 6.54 Å². The molecule has 0 saturated heterocycles. The average molecular weight is 185 g/mol. The summed E-state index contributed by atoms with van der Waals surface area (Å²) in [5.74, 6) is 0.199. The van der Waals surface area contributed by atoms with Crippen LogP contribution in [-0.2, 0) is 6.54 Å². The minimum atomic E-state index is 0.199. The van der Waals surface area contributed by atoms with E-state index in [1.54, 1.807) is 11.3 Å². The van der Waals surface area contributed by atoms with E-state index >= 15 is 0 Å². The molecule has 5 heteroatoms. The predicted octanol–water partition coefficient (Wildman–Crippen LogP) is 0.584. The van der Waals surface area contributed by atoms with Crippen molar-refractivity contribution >= 4 is 17.2 Å². The van der Waals surface area contributed by atoms with E-state index in [4.69, 9.17) is 10.9 Å². The number of hydrogen-bond donors (Lipinski definition) is 3. The van der Waals surface area contributed by atoms with Gasteiger partial charge in [0.2, 0.25) is 0 Å². The fourth-order valence-corrected chi connectivity index (χ4v) is 1.43. The summed E-state index contributed by atoms with van der Waals surface area (Å²) in [7, 11) is 0. The highest BCUT2D eigenvalue weighted by molar-refractivity contribution is 7.07. The first-order valence-electron chi connectivity index (χ1n) is 3.51. The number of nitrogens with zero attached hydrogens (tertiary/aromatic N) is 1. The van der Waals surface area contributed by atoms with E-state index in [-0.39, 0.29) is 5.84 Å². The molecule has 1 aromatic heterocycles. The second-order valence-corrected chi connectivity index (χ2v) is 3.11. The monoisotopic (exact) mass is 185 g/mol. The summed E-state index contributed by atoms with van der Waals surface area (Å²) >= 11 is 1.65. The number of rotatable bonds is 4. The molecule has 1 heterocycles. The Bertz CT molecular complexity index is 245. The van der Waals surface area contributed by atoms with Gasteiger partial charge in [-0.25, -0.2) is 0 Å². The first-order chi connectivity index (χ1) is 5.83. The van der Waals surface area contributed by atoms with Gasteiger partial charge in [0, 0.05) is 6.54 Å². The van der Waals surface area contributed by atoms with E-state index in [1.165, 1.54) is 5.56 Å². The summed E-state index contributed by atoms with van der Waals surface area (Å²) in [4.78, 5) is 0. The molecule has 0 fully saturated rings.